The van der Waals surface area contributed by atoms with Crippen molar-refractivity contribution in [3.8, 4) is 5.75 Å². The van der Waals surface area contributed by atoms with Crippen LogP contribution in [-0.4, -0.2) is 36.0 Å². The summed E-state index contributed by atoms with van der Waals surface area (Å²) < 4.78 is 6.33. The minimum atomic E-state index is -0.270. The number of piperidine rings is 1. The van der Waals surface area contributed by atoms with Gasteiger partial charge in [-0.25, -0.2) is 0 Å². The predicted octanol–water partition coefficient (Wildman–Crippen LogP) is 2.91. The maximum atomic E-state index is 12.2. The van der Waals surface area contributed by atoms with Crippen LogP contribution in [0, 0.1) is 0 Å². The highest BCUT2D eigenvalue weighted by Gasteiger charge is 2.39. The highest BCUT2D eigenvalue weighted by molar-refractivity contribution is 7.07. The van der Waals surface area contributed by atoms with Crippen molar-refractivity contribution in [1.29, 1.82) is 0 Å². The molecule has 23 heavy (non-hydrogen) atoms. The lowest BCUT2D eigenvalue weighted by Crippen LogP contribution is -2.52. The Bertz CT molecular complexity index is 691. The van der Waals surface area contributed by atoms with Crippen LogP contribution in [-0.2, 0) is 6.54 Å². The number of ether oxygens (including phenoxy) is 1. The van der Waals surface area contributed by atoms with E-state index < -0.39 is 0 Å². The molecule has 5 heteroatoms. The van der Waals surface area contributed by atoms with E-state index in [0.717, 1.165) is 32.5 Å². The molecule has 0 aliphatic carbocycles. The summed E-state index contributed by atoms with van der Waals surface area (Å²) in [6, 6.07) is 9.73. The Morgan fingerprint density at radius 1 is 1.22 bits per heavy atom. The van der Waals surface area contributed by atoms with Crippen molar-refractivity contribution >= 4 is 17.2 Å². The first-order valence-electron chi connectivity index (χ1n) is 8.04. The molecule has 1 saturated heterocycles. The van der Waals surface area contributed by atoms with Gasteiger partial charge in [-0.05, 0) is 34.5 Å². The summed E-state index contributed by atoms with van der Waals surface area (Å²) in [4.78, 5) is 14.7. The van der Waals surface area contributed by atoms with E-state index in [1.165, 1.54) is 5.56 Å². The van der Waals surface area contributed by atoms with E-state index in [4.69, 9.17) is 4.74 Å². The largest absolute Gasteiger partial charge is 0.485 e. The zero-order chi connectivity index (χ0) is 15.7. The van der Waals surface area contributed by atoms with Crippen molar-refractivity contribution in [1.82, 2.24) is 10.2 Å². The Balaban J connectivity index is 1.47. The minimum Gasteiger partial charge on any atom is -0.485 e. The molecule has 2 aliphatic heterocycles. The van der Waals surface area contributed by atoms with Crippen LogP contribution in [0.5, 0.6) is 5.75 Å². The Morgan fingerprint density at radius 3 is 2.83 bits per heavy atom. The summed E-state index contributed by atoms with van der Waals surface area (Å²) in [7, 11) is 0. The van der Waals surface area contributed by atoms with Crippen LogP contribution in [0.25, 0.3) is 0 Å². The number of carbonyl (C=O) groups excluding carboxylic acids is 1. The average Bonchev–Trinajstić information content (AvgIpc) is 3.04. The fourth-order valence-electron chi connectivity index (χ4n) is 3.39. The van der Waals surface area contributed by atoms with Crippen molar-refractivity contribution in [2.24, 2.45) is 0 Å². The van der Waals surface area contributed by atoms with E-state index in [-0.39, 0.29) is 11.5 Å². The SMILES string of the molecule is O=C1NCC2(CCN(Cc3ccsc3)CC2)Oc2ccccc21. The van der Waals surface area contributed by atoms with Gasteiger partial charge in [-0.2, -0.15) is 11.3 Å². The van der Waals surface area contributed by atoms with Gasteiger partial charge in [0.25, 0.3) is 5.91 Å². The monoisotopic (exact) mass is 328 g/mol. The minimum absolute atomic E-state index is 0.0295. The number of fused-ring (bicyclic) bond motifs is 1. The van der Waals surface area contributed by atoms with Crippen LogP contribution < -0.4 is 10.1 Å². The molecule has 1 N–H and O–H groups in total. The summed E-state index contributed by atoms with van der Waals surface area (Å²) in [5.41, 5.74) is 1.75. The summed E-state index contributed by atoms with van der Waals surface area (Å²) in [6.07, 6.45) is 1.87. The van der Waals surface area contributed by atoms with Crippen LogP contribution in [0.15, 0.2) is 41.1 Å². The third-order valence-electron chi connectivity index (χ3n) is 4.78. The first-order chi connectivity index (χ1) is 11.2. The molecule has 4 nitrogen and oxygen atoms in total. The van der Waals surface area contributed by atoms with Gasteiger partial charge in [-0.15, -0.1) is 0 Å². The van der Waals surface area contributed by atoms with Crippen molar-refractivity contribution in [3.05, 3.63) is 52.2 Å². The van der Waals surface area contributed by atoms with Crippen LogP contribution in [0.2, 0.25) is 0 Å². The molecular formula is C18H20N2O2S. The molecule has 2 aliphatic rings. The van der Waals surface area contributed by atoms with Crippen molar-refractivity contribution < 1.29 is 9.53 Å². The summed E-state index contributed by atoms with van der Waals surface area (Å²) in [5, 5.41) is 7.38. The van der Waals surface area contributed by atoms with Gasteiger partial charge in [0, 0.05) is 32.5 Å². The van der Waals surface area contributed by atoms with E-state index >= 15 is 0 Å². The lowest BCUT2D eigenvalue weighted by Gasteiger charge is -2.41. The van der Waals surface area contributed by atoms with E-state index in [1.807, 2.05) is 24.3 Å². The summed E-state index contributed by atoms with van der Waals surface area (Å²) in [5.74, 6) is 0.687. The molecule has 0 atom stereocenters. The smallest absolute Gasteiger partial charge is 0.255 e. The van der Waals surface area contributed by atoms with Crippen LogP contribution >= 0.6 is 11.3 Å². The molecule has 0 saturated carbocycles. The van der Waals surface area contributed by atoms with E-state index in [0.29, 0.717) is 17.9 Å². The van der Waals surface area contributed by atoms with Gasteiger partial charge in [-0.1, -0.05) is 12.1 Å². The van der Waals surface area contributed by atoms with Gasteiger partial charge in [-0.3, -0.25) is 9.69 Å². The maximum Gasteiger partial charge on any atom is 0.255 e. The molecule has 4 rings (SSSR count). The second-order valence-corrected chi connectivity index (χ2v) is 7.15. The number of hydrogen-bond donors (Lipinski definition) is 1. The van der Waals surface area contributed by atoms with E-state index in [2.05, 4.69) is 27.0 Å². The Hall–Kier alpha value is -1.85. The first kappa shape index (κ1) is 14.7. The first-order valence-corrected chi connectivity index (χ1v) is 8.98. The standard InChI is InChI=1S/C18H20N2O2S/c21-17-15-3-1-2-4-16(15)22-18(13-19-17)6-8-20(9-7-18)11-14-5-10-23-12-14/h1-5,10,12H,6-9,11,13H2,(H,19,21). The van der Waals surface area contributed by atoms with Gasteiger partial charge in [0.1, 0.15) is 11.4 Å². The number of nitrogens with zero attached hydrogens (tertiary/aromatic N) is 1. The number of hydrogen-bond acceptors (Lipinski definition) is 4. The van der Waals surface area contributed by atoms with Crippen LogP contribution in [0.4, 0.5) is 0 Å². The van der Waals surface area contributed by atoms with Crippen LogP contribution in [0.1, 0.15) is 28.8 Å². The zero-order valence-electron chi connectivity index (χ0n) is 13.0. The van der Waals surface area contributed by atoms with E-state index in [9.17, 15) is 4.79 Å². The summed E-state index contributed by atoms with van der Waals surface area (Å²) >= 11 is 1.75. The molecule has 3 heterocycles. The number of para-hydroxylation sites is 1. The molecule has 0 radical (unpaired) electrons. The topological polar surface area (TPSA) is 41.6 Å². The normalized spacial score (nSPS) is 20.4. The highest BCUT2D eigenvalue weighted by atomic mass is 32.1. The zero-order valence-corrected chi connectivity index (χ0v) is 13.8. The molecular weight excluding hydrogens is 308 g/mol. The molecule has 0 unspecified atom stereocenters. The van der Waals surface area contributed by atoms with Gasteiger partial charge >= 0.3 is 0 Å². The molecule has 1 amide bonds. The summed E-state index contributed by atoms with van der Waals surface area (Å²) in [6.45, 7) is 3.58. The number of carbonyl (C=O) groups is 1. The van der Waals surface area contributed by atoms with Crippen molar-refractivity contribution in [2.75, 3.05) is 19.6 Å². The molecule has 0 bridgehead atoms. The molecule has 1 aromatic heterocycles. The second-order valence-electron chi connectivity index (χ2n) is 6.37. The number of likely N-dealkylation sites (tertiary alicyclic amines) is 1. The Kier molecular flexibility index (Phi) is 3.83. The maximum absolute atomic E-state index is 12.2. The Labute approximate surface area is 140 Å². The molecule has 1 spiro atoms. The van der Waals surface area contributed by atoms with Gasteiger partial charge in [0.2, 0.25) is 0 Å². The number of benzene rings is 1. The third-order valence-corrected chi connectivity index (χ3v) is 5.51. The lowest BCUT2D eigenvalue weighted by atomic mass is 9.90. The van der Waals surface area contributed by atoms with Crippen molar-refractivity contribution in [2.45, 2.75) is 25.0 Å². The van der Waals surface area contributed by atoms with E-state index in [1.54, 1.807) is 11.3 Å². The highest BCUT2D eigenvalue weighted by Crippen LogP contribution is 2.33. The lowest BCUT2D eigenvalue weighted by molar-refractivity contribution is 0.00398. The fraction of sp³-hybridized carbons (Fsp3) is 0.389. The molecule has 1 aromatic carbocycles. The third kappa shape index (κ3) is 2.99. The molecule has 2 aromatic rings. The number of nitrogens with one attached hydrogen (secondary N) is 1. The number of thiophene rings is 1. The average molecular weight is 328 g/mol. The Morgan fingerprint density at radius 2 is 2.04 bits per heavy atom. The van der Waals surface area contributed by atoms with Crippen molar-refractivity contribution in [3.63, 3.8) is 0 Å². The fourth-order valence-corrected chi connectivity index (χ4v) is 4.05. The predicted molar refractivity (Wildman–Crippen MR) is 91.0 cm³/mol. The van der Waals surface area contributed by atoms with Gasteiger partial charge < -0.3 is 10.1 Å². The molecule has 120 valence electrons. The van der Waals surface area contributed by atoms with Gasteiger partial charge in [0.05, 0.1) is 12.1 Å². The quantitative estimate of drug-likeness (QED) is 0.922. The van der Waals surface area contributed by atoms with Gasteiger partial charge in [0.15, 0.2) is 0 Å². The van der Waals surface area contributed by atoms with Crippen LogP contribution in [0.3, 0.4) is 0 Å². The molecule has 1 fully saturated rings. The number of rotatable bonds is 2. The number of amides is 1. The second kappa shape index (κ2) is 5.98.